The molecule has 0 fully saturated rings. The minimum Gasteiger partial charge on any atom is -0.497 e. The first-order valence-electron chi connectivity index (χ1n) is 7.88. The van der Waals surface area contributed by atoms with Crippen LogP contribution in [-0.4, -0.2) is 19.9 Å². The normalized spacial score (nSPS) is 11.5. The first-order chi connectivity index (χ1) is 11.5. The fourth-order valence-electron chi connectivity index (χ4n) is 2.36. The van der Waals surface area contributed by atoms with E-state index in [2.05, 4.69) is 10.6 Å². The van der Waals surface area contributed by atoms with E-state index >= 15 is 0 Å². The molecule has 1 atom stereocenters. The molecule has 1 unspecified atom stereocenters. The summed E-state index contributed by atoms with van der Waals surface area (Å²) in [5.41, 5.74) is 3.23. The van der Waals surface area contributed by atoms with Crippen LogP contribution in [0.4, 0.5) is 4.79 Å². The van der Waals surface area contributed by atoms with Crippen molar-refractivity contribution in [2.24, 2.45) is 0 Å². The Morgan fingerprint density at radius 1 is 1.12 bits per heavy atom. The monoisotopic (exact) mass is 328 g/mol. The van der Waals surface area contributed by atoms with Gasteiger partial charge in [0.15, 0.2) is 6.73 Å². The quantitative estimate of drug-likeness (QED) is 0.795. The Balaban J connectivity index is 1.79. The van der Waals surface area contributed by atoms with Gasteiger partial charge >= 0.3 is 6.03 Å². The Hall–Kier alpha value is -2.69. The number of benzene rings is 2. The molecule has 0 heterocycles. The smallest absolute Gasteiger partial charge is 0.317 e. The van der Waals surface area contributed by atoms with E-state index in [0.29, 0.717) is 0 Å². The number of aryl methyl sites for hydroxylation is 2. The molecule has 0 aliphatic carbocycles. The topological polar surface area (TPSA) is 59.6 Å². The second-order valence-corrected chi connectivity index (χ2v) is 5.70. The van der Waals surface area contributed by atoms with Gasteiger partial charge in [-0.15, -0.1) is 0 Å². The van der Waals surface area contributed by atoms with Gasteiger partial charge in [-0.25, -0.2) is 4.79 Å². The van der Waals surface area contributed by atoms with Gasteiger partial charge in [0.05, 0.1) is 13.2 Å². The zero-order valence-corrected chi connectivity index (χ0v) is 14.6. The van der Waals surface area contributed by atoms with E-state index in [1.54, 1.807) is 7.11 Å². The molecule has 0 aliphatic heterocycles. The SMILES string of the molecule is COc1ccc(C(C)NC(=O)NCOc2ccc(C)cc2C)cc1. The molecule has 0 saturated carbocycles. The third-order valence-electron chi connectivity index (χ3n) is 3.75. The third-order valence-corrected chi connectivity index (χ3v) is 3.75. The van der Waals surface area contributed by atoms with Crippen LogP contribution in [-0.2, 0) is 0 Å². The van der Waals surface area contributed by atoms with Crippen LogP contribution < -0.4 is 20.1 Å². The van der Waals surface area contributed by atoms with Crippen molar-refractivity contribution in [1.29, 1.82) is 0 Å². The lowest BCUT2D eigenvalue weighted by atomic mass is 10.1. The Morgan fingerprint density at radius 2 is 1.83 bits per heavy atom. The van der Waals surface area contributed by atoms with E-state index in [1.807, 2.05) is 63.2 Å². The number of hydrogen-bond donors (Lipinski definition) is 2. The molecule has 0 radical (unpaired) electrons. The van der Waals surface area contributed by atoms with Crippen LogP contribution in [0.2, 0.25) is 0 Å². The molecule has 2 rings (SSSR count). The lowest BCUT2D eigenvalue weighted by Gasteiger charge is -2.16. The maximum Gasteiger partial charge on any atom is 0.317 e. The summed E-state index contributed by atoms with van der Waals surface area (Å²) >= 11 is 0. The Labute approximate surface area is 143 Å². The fourth-order valence-corrected chi connectivity index (χ4v) is 2.36. The zero-order valence-electron chi connectivity index (χ0n) is 14.6. The summed E-state index contributed by atoms with van der Waals surface area (Å²) in [6.07, 6.45) is 0. The van der Waals surface area contributed by atoms with Gasteiger partial charge in [0.25, 0.3) is 0 Å². The highest BCUT2D eigenvalue weighted by Crippen LogP contribution is 2.18. The predicted octanol–water partition coefficient (Wildman–Crippen LogP) is 3.71. The molecule has 128 valence electrons. The number of urea groups is 1. The largest absolute Gasteiger partial charge is 0.497 e. The summed E-state index contributed by atoms with van der Waals surface area (Å²) in [6.45, 7) is 6.05. The minimum atomic E-state index is -0.275. The maximum absolute atomic E-state index is 12.0. The predicted molar refractivity (Wildman–Crippen MR) is 94.5 cm³/mol. The second-order valence-electron chi connectivity index (χ2n) is 5.70. The zero-order chi connectivity index (χ0) is 17.5. The van der Waals surface area contributed by atoms with Crippen molar-refractivity contribution in [1.82, 2.24) is 10.6 Å². The van der Waals surface area contributed by atoms with Crippen molar-refractivity contribution < 1.29 is 14.3 Å². The van der Waals surface area contributed by atoms with Crippen molar-refractivity contribution in [3.05, 3.63) is 59.2 Å². The van der Waals surface area contributed by atoms with Crippen molar-refractivity contribution in [3.63, 3.8) is 0 Å². The van der Waals surface area contributed by atoms with Gasteiger partial charge in [0.2, 0.25) is 0 Å². The average Bonchev–Trinajstić information content (AvgIpc) is 2.57. The summed E-state index contributed by atoms with van der Waals surface area (Å²) in [4.78, 5) is 12.0. The summed E-state index contributed by atoms with van der Waals surface area (Å²) in [5, 5.41) is 5.57. The van der Waals surface area contributed by atoms with Gasteiger partial charge in [0, 0.05) is 0 Å². The summed E-state index contributed by atoms with van der Waals surface area (Å²) in [7, 11) is 1.62. The van der Waals surface area contributed by atoms with Gasteiger partial charge in [-0.1, -0.05) is 29.8 Å². The molecule has 0 aromatic heterocycles. The van der Waals surface area contributed by atoms with Gasteiger partial charge in [-0.3, -0.25) is 0 Å². The molecule has 2 aromatic carbocycles. The Bertz CT molecular complexity index is 684. The van der Waals surface area contributed by atoms with Gasteiger partial charge in [-0.05, 0) is 50.1 Å². The maximum atomic E-state index is 12.0. The molecule has 5 heteroatoms. The van der Waals surface area contributed by atoms with Crippen LogP contribution in [0.1, 0.15) is 29.7 Å². The van der Waals surface area contributed by atoms with Crippen LogP contribution in [0.15, 0.2) is 42.5 Å². The summed E-state index contributed by atoms with van der Waals surface area (Å²) < 4.78 is 10.7. The van der Waals surface area contributed by atoms with Gasteiger partial charge < -0.3 is 20.1 Å². The first kappa shape index (κ1) is 17.7. The molecular weight excluding hydrogens is 304 g/mol. The minimum absolute atomic E-state index is 0.114. The summed E-state index contributed by atoms with van der Waals surface area (Å²) in [6, 6.07) is 13.1. The van der Waals surface area contributed by atoms with Crippen LogP contribution in [0.25, 0.3) is 0 Å². The van der Waals surface area contributed by atoms with Crippen molar-refractivity contribution in [3.8, 4) is 11.5 Å². The number of methoxy groups -OCH3 is 1. The molecule has 2 aromatic rings. The summed E-state index contributed by atoms with van der Waals surface area (Å²) in [5.74, 6) is 1.56. The van der Waals surface area contributed by atoms with E-state index < -0.39 is 0 Å². The molecule has 24 heavy (non-hydrogen) atoms. The van der Waals surface area contributed by atoms with Crippen molar-refractivity contribution in [2.45, 2.75) is 26.8 Å². The molecule has 0 saturated heterocycles. The highest BCUT2D eigenvalue weighted by molar-refractivity contribution is 5.74. The van der Waals surface area contributed by atoms with Crippen LogP contribution >= 0.6 is 0 Å². The fraction of sp³-hybridized carbons (Fsp3) is 0.316. The molecule has 2 N–H and O–H groups in total. The molecular formula is C19H24N2O3. The number of carbonyl (C=O) groups is 1. The third kappa shape index (κ3) is 4.91. The second kappa shape index (κ2) is 8.24. The average molecular weight is 328 g/mol. The highest BCUT2D eigenvalue weighted by atomic mass is 16.5. The number of carbonyl (C=O) groups excluding carboxylic acids is 1. The molecule has 0 aliphatic rings. The van der Waals surface area contributed by atoms with Crippen LogP contribution in [0, 0.1) is 13.8 Å². The van der Waals surface area contributed by atoms with Gasteiger partial charge in [-0.2, -0.15) is 0 Å². The van der Waals surface area contributed by atoms with E-state index in [9.17, 15) is 4.79 Å². The Morgan fingerprint density at radius 3 is 2.46 bits per heavy atom. The number of nitrogens with one attached hydrogen (secondary N) is 2. The van der Waals surface area contributed by atoms with Crippen LogP contribution in [0.3, 0.4) is 0 Å². The molecule has 2 amide bonds. The van der Waals surface area contributed by atoms with E-state index in [1.165, 1.54) is 5.56 Å². The standard InChI is InChI=1S/C19H24N2O3/c1-13-5-10-18(14(2)11-13)24-12-20-19(22)21-15(3)16-6-8-17(23-4)9-7-16/h5-11,15H,12H2,1-4H3,(H2,20,21,22). The number of amides is 2. The highest BCUT2D eigenvalue weighted by Gasteiger charge is 2.09. The lowest BCUT2D eigenvalue weighted by molar-refractivity contribution is 0.221. The molecule has 5 nitrogen and oxygen atoms in total. The van der Waals surface area contributed by atoms with Crippen molar-refractivity contribution in [2.75, 3.05) is 13.8 Å². The van der Waals surface area contributed by atoms with E-state index in [0.717, 1.165) is 22.6 Å². The molecule has 0 bridgehead atoms. The Kier molecular flexibility index (Phi) is 6.07. The lowest BCUT2D eigenvalue weighted by Crippen LogP contribution is -2.39. The van der Waals surface area contributed by atoms with Gasteiger partial charge in [0.1, 0.15) is 11.5 Å². The number of ether oxygens (including phenoxy) is 2. The molecule has 0 spiro atoms. The number of rotatable bonds is 6. The van der Waals surface area contributed by atoms with Crippen molar-refractivity contribution >= 4 is 6.03 Å². The number of hydrogen-bond acceptors (Lipinski definition) is 3. The van der Waals surface area contributed by atoms with E-state index in [-0.39, 0.29) is 18.8 Å². The first-order valence-corrected chi connectivity index (χ1v) is 7.88. The van der Waals surface area contributed by atoms with Crippen LogP contribution in [0.5, 0.6) is 11.5 Å². The van der Waals surface area contributed by atoms with E-state index in [4.69, 9.17) is 9.47 Å².